The molecule has 2 amide bonds. The minimum absolute atomic E-state index is 0.160. The number of nitrogens with zero attached hydrogens (tertiary/aromatic N) is 3. The van der Waals surface area contributed by atoms with Gasteiger partial charge >= 0.3 is 0 Å². The summed E-state index contributed by atoms with van der Waals surface area (Å²) in [6.45, 7) is 0. The monoisotopic (exact) mass is 245 g/mol. The van der Waals surface area contributed by atoms with Crippen molar-refractivity contribution >= 4 is 11.8 Å². The number of pyridine rings is 1. The van der Waals surface area contributed by atoms with E-state index in [0.29, 0.717) is 17.0 Å². The molecular weight excluding hydrogens is 234 g/mol. The molecule has 4 N–H and O–H groups in total. The van der Waals surface area contributed by atoms with Crippen LogP contribution in [0.4, 0.5) is 0 Å². The molecule has 0 radical (unpaired) electrons. The molecule has 2 aromatic heterocycles. The van der Waals surface area contributed by atoms with Gasteiger partial charge in [0.2, 0.25) is 5.91 Å². The van der Waals surface area contributed by atoms with Crippen molar-refractivity contribution in [2.24, 2.45) is 18.5 Å². The molecule has 0 aliphatic heterocycles. The van der Waals surface area contributed by atoms with Crippen LogP contribution >= 0.6 is 0 Å². The van der Waals surface area contributed by atoms with Crippen molar-refractivity contribution < 1.29 is 9.59 Å². The fourth-order valence-electron chi connectivity index (χ4n) is 1.52. The number of aromatic nitrogens is 3. The summed E-state index contributed by atoms with van der Waals surface area (Å²) in [6.07, 6.45) is 1.37. The molecule has 0 aliphatic carbocycles. The van der Waals surface area contributed by atoms with Crippen LogP contribution in [0.5, 0.6) is 0 Å². The molecule has 7 nitrogen and oxygen atoms in total. The molecule has 2 aromatic rings. The lowest BCUT2D eigenvalue weighted by Gasteiger charge is -2.01. The summed E-state index contributed by atoms with van der Waals surface area (Å²) >= 11 is 0. The van der Waals surface area contributed by atoms with Crippen molar-refractivity contribution in [3.8, 4) is 11.4 Å². The lowest BCUT2D eigenvalue weighted by Crippen LogP contribution is -2.11. The Labute approximate surface area is 102 Å². The first-order valence-corrected chi connectivity index (χ1v) is 5.09. The van der Waals surface area contributed by atoms with E-state index in [1.54, 1.807) is 19.2 Å². The van der Waals surface area contributed by atoms with Gasteiger partial charge in [-0.05, 0) is 18.2 Å². The van der Waals surface area contributed by atoms with Crippen molar-refractivity contribution in [3.63, 3.8) is 0 Å². The molecule has 92 valence electrons. The van der Waals surface area contributed by atoms with E-state index in [1.165, 1.54) is 16.9 Å². The normalized spacial score (nSPS) is 10.3. The highest BCUT2D eigenvalue weighted by molar-refractivity contribution is 5.93. The molecule has 2 rings (SSSR count). The second-order valence-electron chi connectivity index (χ2n) is 3.70. The van der Waals surface area contributed by atoms with E-state index in [1.807, 2.05) is 0 Å². The Morgan fingerprint density at radius 2 is 1.94 bits per heavy atom. The van der Waals surface area contributed by atoms with Crippen LogP contribution in [0, 0.1) is 0 Å². The molecule has 0 aliphatic rings. The van der Waals surface area contributed by atoms with Gasteiger partial charge in [0.25, 0.3) is 5.91 Å². The summed E-state index contributed by atoms with van der Waals surface area (Å²) in [5, 5.41) is 3.95. The van der Waals surface area contributed by atoms with Gasteiger partial charge in [0.15, 0.2) is 5.69 Å². The second kappa shape index (κ2) is 4.28. The highest BCUT2D eigenvalue weighted by Crippen LogP contribution is 2.17. The molecular formula is C11H11N5O2. The molecule has 0 fully saturated rings. The van der Waals surface area contributed by atoms with Gasteiger partial charge in [0, 0.05) is 13.2 Å². The molecule has 0 saturated heterocycles. The molecule has 0 spiro atoms. The lowest BCUT2D eigenvalue weighted by atomic mass is 10.2. The summed E-state index contributed by atoms with van der Waals surface area (Å²) in [5.41, 5.74) is 11.9. The Morgan fingerprint density at radius 3 is 2.39 bits per heavy atom. The zero-order valence-corrected chi connectivity index (χ0v) is 9.62. The summed E-state index contributed by atoms with van der Waals surface area (Å²) in [4.78, 5) is 26.0. The first-order valence-electron chi connectivity index (χ1n) is 5.09. The Kier molecular flexibility index (Phi) is 2.80. The topological polar surface area (TPSA) is 117 Å². The first kappa shape index (κ1) is 11.8. The molecule has 2 heterocycles. The number of primary amides is 2. The fourth-order valence-corrected chi connectivity index (χ4v) is 1.52. The lowest BCUT2D eigenvalue weighted by molar-refractivity contribution is 0.0988. The maximum Gasteiger partial charge on any atom is 0.269 e. The van der Waals surface area contributed by atoms with Crippen LogP contribution in [0.15, 0.2) is 24.4 Å². The largest absolute Gasteiger partial charge is 0.366 e. The number of hydrogen-bond acceptors (Lipinski definition) is 4. The maximum absolute atomic E-state index is 11.0. The van der Waals surface area contributed by atoms with Crippen molar-refractivity contribution in [2.75, 3.05) is 0 Å². The third kappa shape index (κ3) is 2.05. The van der Waals surface area contributed by atoms with Gasteiger partial charge in [-0.2, -0.15) is 5.10 Å². The van der Waals surface area contributed by atoms with Crippen LogP contribution in [-0.4, -0.2) is 26.6 Å². The molecule has 0 atom stereocenters. The Bertz CT molecular complexity index is 615. The standard InChI is InChI=1S/C11H11N5O2/c1-16-9(4-8(15-16)11(13)18)7-3-2-6(5-14-7)10(12)17/h2-5H,1H3,(H2,12,17)(H2,13,18). The predicted molar refractivity (Wildman–Crippen MR) is 63.5 cm³/mol. The first-order chi connectivity index (χ1) is 8.49. The van der Waals surface area contributed by atoms with E-state index in [-0.39, 0.29) is 5.69 Å². The number of carbonyl (C=O) groups is 2. The van der Waals surface area contributed by atoms with Gasteiger partial charge in [-0.15, -0.1) is 0 Å². The van der Waals surface area contributed by atoms with Crippen LogP contribution in [0.25, 0.3) is 11.4 Å². The van der Waals surface area contributed by atoms with E-state index in [0.717, 1.165) is 0 Å². The molecule has 0 aromatic carbocycles. The quantitative estimate of drug-likeness (QED) is 0.770. The van der Waals surface area contributed by atoms with Gasteiger partial charge in [0.1, 0.15) is 0 Å². The molecule has 0 unspecified atom stereocenters. The van der Waals surface area contributed by atoms with Gasteiger partial charge in [0.05, 0.1) is 17.0 Å². The SMILES string of the molecule is Cn1nc(C(N)=O)cc1-c1ccc(C(N)=O)cn1. The third-order valence-corrected chi connectivity index (χ3v) is 2.44. The summed E-state index contributed by atoms with van der Waals surface area (Å²) in [6, 6.07) is 4.72. The number of nitrogens with two attached hydrogens (primary N) is 2. The third-order valence-electron chi connectivity index (χ3n) is 2.44. The van der Waals surface area contributed by atoms with Gasteiger partial charge in [-0.1, -0.05) is 0 Å². The minimum atomic E-state index is -0.606. The van der Waals surface area contributed by atoms with Crippen molar-refractivity contribution in [1.29, 1.82) is 0 Å². The number of aryl methyl sites for hydroxylation is 1. The minimum Gasteiger partial charge on any atom is -0.366 e. The fraction of sp³-hybridized carbons (Fsp3) is 0.0909. The summed E-state index contributed by atoms with van der Waals surface area (Å²) in [5.74, 6) is -1.15. The zero-order chi connectivity index (χ0) is 13.3. The number of hydrogen-bond donors (Lipinski definition) is 2. The predicted octanol–water partition coefficient (Wildman–Crippen LogP) is -0.320. The van der Waals surface area contributed by atoms with Crippen LogP contribution in [-0.2, 0) is 7.05 Å². The number of amides is 2. The van der Waals surface area contributed by atoms with E-state index < -0.39 is 11.8 Å². The zero-order valence-electron chi connectivity index (χ0n) is 9.62. The van der Waals surface area contributed by atoms with E-state index >= 15 is 0 Å². The summed E-state index contributed by atoms with van der Waals surface area (Å²) in [7, 11) is 1.67. The Morgan fingerprint density at radius 1 is 1.22 bits per heavy atom. The number of carbonyl (C=O) groups excluding carboxylic acids is 2. The molecule has 18 heavy (non-hydrogen) atoms. The highest BCUT2D eigenvalue weighted by Gasteiger charge is 2.12. The smallest absolute Gasteiger partial charge is 0.269 e. The van der Waals surface area contributed by atoms with Crippen LogP contribution in [0.3, 0.4) is 0 Å². The molecule has 0 bridgehead atoms. The van der Waals surface area contributed by atoms with Crippen molar-refractivity contribution in [2.45, 2.75) is 0 Å². The van der Waals surface area contributed by atoms with Gasteiger partial charge < -0.3 is 11.5 Å². The number of rotatable bonds is 3. The maximum atomic E-state index is 11.0. The van der Waals surface area contributed by atoms with Crippen molar-refractivity contribution in [1.82, 2.24) is 14.8 Å². The Balaban J connectivity index is 2.42. The Hall–Kier alpha value is -2.70. The van der Waals surface area contributed by atoms with E-state index in [2.05, 4.69) is 10.1 Å². The average molecular weight is 245 g/mol. The molecule has 0 saturated carbocycles. The van der Waals surface area contributed by atoms with E-state index in [4.69, 9.17) is 11.5 Å². The van der Waals surface area contributed by atoms with E-state index in [9.17, 15) is 9.59 Å². The summed E-state index contributed by atoms with van der Waals surface area (Å²) < 4.78 is 1.49. The van der Waals surface area contributed by atoms with Crippen LogP contribution in [0.1, 0.15) is 20.8 Å². The van der Waals surface area contributed by atoms with Crippen molar-refractivity contribution in [3.05, 3.63) is 35.7 Å². The van der Waals surface area contributed by atoms with Crippen LogP contribution < -0.4 is 11.5 Å². The highest BCUT2D eigenvalue weighted by atomic mass is 16.1. The van der Waals surface area contributed by atoms with Crippen LogP contribution in [0.2, 0.25) is 0 Å². The average Bonchev–Trinajstić information content (AvgIpc) is 2.71. The molecule has 7 heteroatoms. The van der Waals surface area contributed by atoms with Gasteiger partial charge in [-0.25, -0.2) is 0 Å². The second-order valence-corrected chi connectivity index (χ2v) is 3.70. The van der Waals surface area contributed by atoms with Gasteiger partial charge in [-0.3, -0.25) is 19.3 Å².